The highest BCUT2D eigenvalue weighted by Crippen LogP contribution is 2.33. The van der Waals surface area contributed by atoms with Gasteiger partial charge in [-0.05, 0) is 36.7 Å². The minimum Gasteiger partial charge on any atom is -0.392 e. The molecule has 0 aromatic carbocycles. The molecule has 0 spiro atoms. The Morgan fingerprint density at radius 3 is 2.73 bits per heavy atom. The molecule has 3 rings (SSSR count). The maximum Gasteiger partial charge on any atom is 0.267 e. The summed E-state index contributed by atoms with van der Waals surface area (Å²) in [5, 5.41) is 14.1. The van der Waals surface area contributed by atoms with E-state index in [4.69, 9.17) is 0 Å². The van der Waals surface area contributed by atoms with E-state index in [-0.39, 0.29) is 12.0 Å². The van der Waals surface area contributed by atoms with Gasteiger partial charge in [0.25, 0.3) is 5.91 Å². The van der Waals surface area contributed by atoms with Gasteiger partial charge in [0.15, 0.2) is 0 Å². The normalized spacial score (nSPS) is 21.1. The summed E-state index contributed by atoms with van der Waals surface area (Å²) in [5.74, 6) is 0.584. The number of aromatic nitrogens is 2. The smallest absolute Gasteiger partial charge is 0.267 e. The molecule has 1 aliphatic heterocycles. The molecule has 1 aliphatic carbocycles. The first-order chi connectivity index (χ1) is 10.7. The van der Waals surface area contributed by atoms with Crippen LogP contribution in [0.4, 0.5) is 0 Å². The molecule has 1 amide bonds. The Balaban J connectivity index is 1.51. The fraction of sp³-hybridized carbons (Fsp3) is 0.800. The molecular weight excluding hydrogens is 300 g/mol. The molecule has 22 heavy (non-hydrogen) atoms. The van der Waals surface area contributed by atoms with Crippen LogP contribution in [0.5, 0.6) is 0 Å². The minimum absolute atomic E-state index is 0.0702. The van der Waals surface area contributed by atoms with Crippen molar-refractivity contribution in [3.8, 4) is 0 Å². The van der Waals surface area contributed by atoms with Gasteiger partial charge in [-0.15, -0.1) is 5.10 Å². The summed E-state index contributed by atoms with van der Waals surface area (Å²) < 4.78 is 3.94. The fourth-order valence-electron chi connectivity index (χ4n) is 2.94. The predicted octanol–water partition coefficient (Wildman–Crippen LogP) is 1.02. The van der Waals surface area contributed by atoms with Gasteiger partial charge >= 0.3 is 0 Å². The highest BCUT2D eigenvalue weighted by molar-refractivity contribution is 7.08. The number of rotatable bonds is 6. The number of nitrogens with zero attached hydrogens (tertiary/aromatic N) is 4. The van der Waals surface area contributed by atoms with Crippen molar-refractivity contribution in [3.63, 3.8) is 0 Å². The lowest BCUT2D eigenvalue weighted by atomic mass is 10.2. The van der Waals surface area contributed by atoms with E-state index >= 15 is 0 Å². The number of hydrogen-bond acceptors (Lipinski definition) is 6. The Labute approximate surface area is 135 Å². The predicted molar refractivity (Wildman–Crippen MR) is 85.0 cm³/mol. The van der Waals surface area contributed by atoms with Gasteiger partial charge in [-0.25, -0.2) is 0 Å². The van der Waals surface area contributed by atoms with Gasteiger partial charge < -0.3 is 10.0 Å². The summed E-state index contributed by atoms with van der Waals surface area (Å²) in [6, 6.07) is 0. The van der Waals surface area contributed by atoms with Crippen molar-refractivity contribution in [2.24, 2.45) is 5.92 Å². The first-order valence-corrected chi connectivity index (χ1v) is 8.97. The summed E-state index contributed by atoms with van der Waals surface area (Å²) >= 11 is 1.21. The van der Waals surface area contributed by atoms with Crippen molar-refractivity contribution < 1.29 is 9.90 Å². The third-order valence-corrected chi connectivity index (χ3v) is 5.26. The Morgan fingerprint density at radius 2 is 2.09 bits per heavy atom. The van der Waals surface area contributed by atoms with Gasteiger partial charge in [0.05, 0.1) is 11.8 Å². The molecule has 7 heteroatoms. The molecule has 1 N–H and O–H groups in total. The van der Waals surface area contributed by atoms with Crippen LogP contribution in [0, 0.1) is 5.92 Å². The maximum atomic E-state index is 12.6. The number of amides is 1. The fourth-order valence-corrected chi connectivity index (χ4v) is 3.62. The molecule has 0 bridgehead atoms. The Hall–Kier alpha value is -1.05. The molecule has 1 atom stereocenters. The maximum absolute atomic E-state index is 12.6. The average molecular weight is 324 g/mol. The van der Waals surface area contributed by atoms with Gasteiger partial charge in [0.2, 0.25) is 0 Å². The number of aliphatic hydroxyl groups is 1. The highest BCUT2D eigenvalue weighted by atomic mass is 32.1. The topological polar surface area (TPSA) is 69.6 Å². The third kappa shape index (κ3) is 3.64. The van der Waals surface area contributed by atoms with Crippen LogP contribution in [0.1, 0.15) is 41.6 Å². The first kappa shape index (κ1) is 15.8. The summed E-state index contributed by atoms with van der Waals surface area (Å²) in [6.45, 7) is 5.95. The van der Waals surface area contributed by atoms with Crippen LogP contribution < -0.4 is 0 Å². The quantitative estimate of drug-likeness (QED) is 0.846. The number of β-amino-alcohol motifs (C(OH)–C–C–N with tert-alkyl or cyclic N) is 1. The monoisotopic (exact) mass is 324 g/mol. The van der Waals surface area contributed by atoms with E-state index in [1.807, 2.05) is 4.90 Å². The summed E-state index contributed by atoms with van der Waals surface area (Å²) in [5.41, 5.74) is 0.837. The molecule has 0 radical (unpaired) electrons. The van der Waals surface area contributed by atoms with Gasteiger partial charge in [0, 0.05) is 32.7 Å². The van der Waals surface area contributed by atoms with E-state index in [1.54, 1.807) is 0 Å². The highest BCUT2D eigenvalue weighted by Gasteiger charge is 2.32. The molecule has 2 fully saturated rings. The van der Waals surface area contributed by atoms with Crippen LogP contribution >= 0.6 is 11.5 Å². The molecule has 2 heterocycles. The average Bonchev–Trinajstić information content (AvgIpc) is 3.28. The van der Waals surface area contributed by atoms with Crippen molar-refractivity contribution >= 4 is 17.4 Å². The molecule has 0 unspecified atom stereocenters. The molecule has 2 aliphatic rings. The lowest BCUT2D eigenvalue weighted by molar-refractivity contribution is 0.0491. The van der Waals surface area contributed by atoms with E-state index in [1.165, 1.54) is 11.5 Å². The SMILES string of the molecule is CCCc1nnsc1C(=O)N1CCN(C[C@@H](O)C2CC2)CC1. The number of aryl methyl sites for hydroxylation is 1. The van der Waals surface area contributed by atoms with Gasteiger partial charge in [-0.3, -0.25) is 9.69 Å². The standard InChI is InChI=1S/C15H24N4O2S/c1-2-3-12-14(22-17-16-12)15(21)19-8-6-18(7-9-19)10-13(20)11-4-5-11/h11,13,20H,2-10H2,1H3/t13-/m1/s1. The summed E-state index contributed by atoms with van der Waals surface area (Å²) in [4.78, 5) is 17.5. The van der Waals surface area contributed by atoms with Gasteiger partial charge in [-0.2, -0.15) is 0 Å². The van der Waals surface area contributed by atoms with Crippen LogP contribution in [0.2, 0.25) is 0 Å². The van der Waals surface area contributed by atoms with Crippen molar-refractivity contribution in [1.82, 2.24) is 19.4 Å². The Kier molecular flexibility index (Phi) is 5.05. The summed E-state index contributed by atoms with van der Waals surface area (Å²) in [7, 11) is 0. The number of piperazine rings is 1. The summed E-state index contributed by atoms with van der Waals surface area (Å²) in [6.07, 6.45) is 3.92. The van der Waals surface area contributed by atoms with Crippen molar-refractivity contribution in [3.05, 3.63) is 10.6 Å². The van der Waals surface area contributed by atoms with Gasteiger partial charge in [0.1, 0.15) is 4.88 Å². The first-order valence-electron chi connectivity index (χ1n) is 8.20. The van der Waals surface area contributed by atoms with Crippen molar-refractivity contribution in [2.45, 2.75) is 38.7 Å². The van der Waals surface area contributed by atoms with E-state index in [0.717, 1.165) is 64.1 Å². The van der Waals surface area contributed by atoms with E-state index in [9.17, 15) is 9.90 Å². The lowest BCUT2D eigenvalue weighted by Gasteiger charge is -2.35. The zero-order valence-electron chi connectivity index (χ0n) is 13.1. The number of hydrogen-bond donors (Lipinski definition) is 1. The van der Waals surface area contributed by atoms with E-state index in [2.05, 4.69) is 21.4 Å². The van der Waals surface area contributed by atoms with Crippen molar-refractivity contribution in [1.29, 1.82) is 0 Å². The zero-order valence-corrected chi connectivity index (χ0v) is 13.9. The lowest BCUT2D eigenvalue weighted by Crippen LogP contribution is -2.50. The second-order valence-corrected chi connectivity index (χ2v) is 7.05. The molecule has 1 aromatic rings. The zero-order chi connectivity index (χ0) is 15.5. The second-order valence-electron chi connectivity index (χ2n) is 6.30. The van der Waals surface area contributed by atoms with Crippen LogP contribution in [0.15, 0.2) is 0 Å². The van der Waals surface area contributed by atoms with Crippen molar-refractivity contribution in [2.75, 3.05) is 32.7 Å². The molecule has 1 saturated carbocycles. The largest absolute Gasteiger partial charge is 0.392 e. The van der Waals surface area contributed by atoms with E-state index < -0.39 is 0 Å². The van der Waals surface area contributed by atoms with Crippen LogP contribution in [0.25, 0.3) is 0 Å². The number of carbonyl (C=O) groups excluding carboxylic acids is 1. The molecular formula is C15H24N4O2S. The van der Waals surface area contributed by atoms with Crippen LogP contribution in [-0.2, 0) is 6.42 Å². The second kappa shape index (κ2) is 7.02. The molecule has 1 aromatic heterocycles. The van der Waals surface area contributed by atoms with Gasteiger partial charge in [-0.1, -0.05) is 17.8 Å². The van der Waals surface area contributed by atoms with Crippen LogP contribution in [0.3, 0.4) is 0 Å². The van der Waals surface area contributed by atoms with Crippen LogP contribution in [-0.4, -0.2) is 69.2 Å². The minimum atomic E-state index is -0.191. The third-order valence-electron chi connectivity index (χ3n) is 4.51. The Morgan fingerprint density at radius 1 is 1.36 bits per heavy atom. The molecule has 1 saturated heterocycles. The Bertz CT molecular complexity index is 509. The number of aliphatic hydroxyl groups excluding tert-OH is 1. The molecule has 122 valence electrons. The number of carbonyl (C=O) groups is 1. The van der Waals surface area contributed by atoms with E-state index in [0.29, 0.717) is 10.8 Å². The molecule has 6 nitrogen and oxygen atoms in total.